The van der Waals surface area contributed by atoms with Gasteiger partial charge in [-0.15, -0.1) is 0 Å². The van der Waals surface area contributed by atoms with Crippen molar-refractivity contribution in [3.05, 3.63) is 84.4 Å². The van der Waals surface area contributed by atoms with Gasteiger partial charge in [-0.1, -0.05) is 36.4 Å². The van der Waals surface area contributed by atoms with E-state index in [1.165, 1.54) is 6.26 Å². The Labute approximate surface area is 171 Å². The maximum absolute atomic E-state index is 11.5. The van der Waals surface area contributed by atoms with Crippen molar-refractivity contribution in [2.24, 2.45) is 10.7 Å². The monoisotopic (exact) mass is 409 g/mol. The number of nitrogens with zero attached hydrogens (tertiary/aromatic N) is 1. The Morgan fingerprint density at radius 1 is 0.966 bits per heavy atom. The molecule has 0 aliphatic carbocycles. The zero-order valence-electron chi connectivity index (χ0n) is 16.1. The second kappa shape index (κ2) is 9.25. The summed E-state index contributed by atoms with van der Waals surface area (Å²) in [5.41, 5.74) is 7.74. The molecule has 0 unspecified atom stereocenters. The number of guanidine groups is 1. The molecule has 0 aromatic heterocycles. The maximum atomic E-state index is 11.5. The molecule has 3 aromatic rings. The molecule has 0 atom stereocenters. The number of nitrogens with two attached hydrogens (primary N) is 1. The molecule has 29 heavy (non-hydrogen) atoms. The number of nitrogens with one attached hydrogen (secondary N) is 1. The summed E-state index contributed by atoms with van der Waals surface area (Å²) < 4.78 is 28.8. The van der Waals surface area contributed by atoms with Gasteiger partial charge in [-0.3, -0.25) is 4.99 Å². The molecule has 0 amide bonds. The first-order valence-corrected chi connectivity index (χ1v) is 11.0. The summed E-state index contributed by atoms with van der Waals surface area (Å²) in [6.45, 7) is 0.483. The minimum atomic E-state index is -3.18. The zero-order valence-corrected chi connectivity index (χ0v) is 16.9. The minimum absolute atomic E-state index is 0.301. The molecule has 6 nitrogen and oxygen atoms in total. The van der Waals surface area contributed by atoms with Gasteiger partial charge < -0.3 is 15.8 Å². The van der Waals surface area contributed by atoms with E-state index in [0.29, 0.717) is 29.6 Å². The second-order valence-corrected chi connectivity index (χ2v) is 8.52. The summed E-state index contributed by atoms with van der Waals surface area (Å²) in [6, 6.07) is 23.8. The quantitative estimate of drug-likeness (QED) is 0.457. The van der Waals surface area contributed by atoms with Gasteiger partial charge in [-0.25, -0.2) is 8.42 Å². The van der Waals surface area contributed by atoms with Gasteiger partial charge in [0.2, 0.25) is 0 Å². The molecule has 3 aromatic carbocycles. The van der Waals surface area contributed by atoms with Crippen LogP contribution >= 0.6 is 0 Å². The lowest BCUT2D eigenvalue weighted by atomic mass is 10.1. The predicted octanol–water partition coefficient (Wildman–Crippen LogP) is 3.85. The Hall–Kier alpha value is -3.32. The summed E-state index contributed by atoms with van der Waals surface area (Å²) in [5, 5.41) is 3.05. The first kappa shape index (κ1) is 20.4. The van der Waals surface area contributed by atoms with Crippen LogP contribution in [0.5, 0.6) is 11.5 Å². The molecule has 0 fully saturated rings. The van der Waals surface area contributed by atoms with E-state index in [1.807, 2.05) is 54.6 Å². The van der Waals surface area contributed by atoms with Crippen LogP contribution in [0.1, 0.15) is 5.56 Å². The normalized spacial score (nSPS) is 11.8. The largest absolute Gasteiger partial charge is 0.457 e. The van der Waals surface area contributed by atoms with Crippen molar-refractivity contribution in [2.75, 3.05) is 18.1 Å². The lowest BCUT2D eigenvalue weighted by Crippen LogP contribution is -2.23. The molecule has 0 aliphatic heterocycles. The summed E-state index contributed by atoms with van der Waals surface area (Å²) in [5.74, 6) is 1.75. The number of ether oxygens (including phenoxy) is 1. The van der Waals surface area contributed by atoms with E-state index in [-0.39, 0.29) is 0 Å². The van der Waals surface area contributed by atoms with E-state index < -0.39 is 9.84 Å². The van der Waals surface area contributed by atoms with E-state index in [1.54, 1.807) is 24.3 Å². The topological polar surface area (TPSA) is 93.8 Å². The van der Waals surface area contributed by atoms with Crippen molar-refractivity contribution in [2.45, 2.75) is 11.3 Å². The van der Waals surface area contributed by atoms with E-state index in [0.717, 1.165) is 17.0 Å². The van der Waals surface area contributed by atoms with E-state index in [4.69, 9.17) is 10.5 Å². The third-order valence-corrected chi connectivity index (χ3v) is 5.25. The van der Waals surface area contributed by atoms with Gasteiger partial charge in [0.15, 0.2) is 15.8 Å². The van der Waals surface area contributed by atoms with Crippen molar-refractivity contribution in [3.8, 4) is 11.5 Å². The van der Waals surface area contributed by atoms with Crippen LogP contribution in [0.3, 0.4) is 0 Å². The third kappa shape index (κ3) is 6.36. The molecule has 3 N–H and O–H groups in total. The van der Waals surface area contributed by atoms with Gasteiger partial charge in [0.25, 0.3) is 0 Å². The van der Waals surface area contributed by atoms with Gasteiger partial charge in [0, 0.05) is 24.6 Å². The van der Waals surface area contributed by atoms with E-state index >= 15 is 0 Å². The number of rotatable bonds is 7. The van der Waals surface area contributed by atoms with Crippen molar-refractivity contribution in [1.29, 1.82) is 0 Å². The van der Waals surface area contributed by atoms with Crippen LogP contribution in [0, 0.1) is 0 Å². The van der Waals surface area contributed by atoms with Gasteiger partial charge >= 0.3 is 0 Å². The highest BCUT2D eigenvalue weighted by atomic mass is 32.2. The minimum Gasteiger partial charge on any atom is -0.457 e. The van der Waals surface area contributed by atoms with E-state index in [9.17, 15) is 8.42 Å². The molecular formula is C22H23N3O3S. The summed E-state index contributed by atoms with van der Waals surface area (Å²) in [6.07, 6.45) is 1.85. The van der Waals surface area contributed by atoms with Crippen LogP contribution in [0.4, 0.5) is 5.69 Å². The Morgan fingerprint density at radius 2 is 1.66 bits per heavy atom. The molecule has 150 valence electrons. The lowest BCUT2D eigenvalue weighted by molar-refractivity contribution is 0.483. The molecule has 0 saturated carbocycles. The number of anilines is 1. The van der Waals surface area contributed by atoms with Gasteiger partial charge in [0.05, 0.1) is 4.90 Å². The predicted molar refractivity (Wildman–Crippen MR) is 116 cm³/mol. The third-order valence-electron chi connectivity index (χ3n) is 4.12. The SMILES string of the molecule is CS(=O)(=O)c1ccc(CCN=C(N)Nc2cccc(Oc3ccccc3)c2)cc1. The molecule has 0 radical (unpaired) electrons. The highest BCUT2D eigenvalue weighted by molar-refractivity contribution is 7.90. The van der Waals surface area contributed by atoms with Crippen molar-refractivity contribution in [1.82, 2.24) is 0 Å². The van der Waals surface area contributed by atoms with Crippen LogP contribution in [0.15, 0.2) is 88.8 Å². The first-order valence-electron chi connectivity index (χ1n) is 9.09. The van der Waals surface area contributed by atoms with Crippen LogP contribution in [0.25, 0.3) is 0 Å². The van der Waals surface area contributed by atoms with Crippen LogP contribution in [-0.2, 0) is 16.3 Å². The number of hydrogen-bond donors (Lipinski definition) is 2. The highest BCUT2D eigenvalue weighted by Crippen LogP contribution is 2.23. The number of hydrogen-bond acceptors (Lipinski definition) is 4. The number of aliphatic imine (C=N–C) groups is 1. The average molecular weight is 410 g/mol. The smallest absolute Gasteiger partial charge is 0.193 e. The van der Waals surface area contributed by atoms with Crippen molar-refractivity contribution in [3.63, 3.8) is 0 Å². The maximum Gasteiger partial charge on any atom is 0.193 e. The van der Waals surface area contributed by atoms with E-state index in [2.05, 4.69) is 10.3 Å². The molecule has 0 saturated heterocycles. The summed E-state index contributed by atoms with van der Waals surface area (Å²) >= 11 is 0. The van der Waals surface area contributed by atoms with Crippen molar-refractivity contribution >= 4 is 21.5 Å². The summed E-state index contributed by atoms with van der Waals surface area (Å²) in [7, 11) is -3.18. The van der Waals surface area contributed by atoms with Gasteiger partial charge in [0.1, 0.15) is 11.5 Å². The van der Waals surface area contributed by atoms with Gasteiger partial charge in [-0.2, -0.15) is 0 Å². The number of benzene rings is 3. The van der Waals surface area contributed by atoms with Crippen LogP contribution < -0.4 is 15.8 Å². The molecule has 0 heterocycles. The fourth-order valence-corrected chi connectivity index (χ4v) is 3.29. The second-order valence-electron chi connectivity index (χ2n) is 6.50. The van der Waals surface area contributed by atoms with Gasteiger partial charge in [-0.05, 0) is 48.4 Å². The molecule has 0 bridgehead atoms. The Morgan fingerprint density at radius 3 is 2.34 bits per heavy atom. The standard InChI is InChI=1S/C22H23N3O3S/c1-29(26,27)21-12-10-17(11-13-21)14-15-24-22(23)25-18-6-5-9-20(16-18)28-19-7-3-2-4-8-19/h2-13,16H,14-15H2,1H3,(H3,23,24,25). The van der Waals surface area contributed by atoms with Crippen LogP contribution in [0.2, 0.25) is 0 Å². The highest BCUT2D eigenvalue weighted by Gasteiger charge is 2.06. The van der Waals surface area contributed by atoms with Crippen LogP contribution in [-0.4, -0.2) is 27.2 Å². The first-order chi connectivity index (χ1) is 13.9. The molecule has 0 spiro atoms. The molecular weight excluding hydrogens is 386 g/mol. The molecule has 0 aliphatic rings. The fraction of sp³-hybridized carbons (Fsp3) is 0.136. The van der Waals surface area contributed by atoms with Crippen molar-refractivity contribution < 1.29 is 13.2 Å². The Kier molecular flexibility index (Phi) is 6.51. The number of sulfone groups is 1. The summed E-state index contributed by atoms with van der Waals surface area (Å²) in [4.78, 5) is 4.63. The average Bonchev–Trinajstić information content (AvgIpc) is 2.69. The molecule has 3 rings (SSSR count). The lowest BCUT2D eigenvalue weighted by Gasteiger charge is -2.09. The molecule has 7 heteroatoms. The Balaban J connectivity index is 1.55. The number of para-hydroxylation sites is 1. The zero-order chi connectivity index (χ0) is 20.7. The fourth-order valence-electron chi connectivity index (χ4n) is 2.66. The Bertz CT molecular complexity index is 1080.